The van der Waals surface area contributed by atoms with Gasteiger partial charge in [-0.1, -0.05) is 64.5 Å². The number of ether oxygens (including phenoxy) is 5. The average molecular weight is 783 g/mol. The van der Waals surface area contributed by atoms with E-state index in [0.29, 0.717) is 62.5 Å². The standard InChI is InChI=1S/C41H67F5O6S/c1-37-21-22-39(51-24-25-52-39)28-31(37)16-17-32-33-18-19-35(50-30-48-3)38(33,2)29-34(36(32)37)49-23-13-11-9-7-5-4-6-8-10-12-14-26-53(47)27-15-20-40(42,43)41(44,45)46/h11,13,31-36H,4-10,12,14-30H2,1-3H3/t31-,32-,33-,34-,35-,36+,37-,38-,53?/m0/s1. The molecule has 12 heteroatoms. The molecule has 5 aliphatic rings. The van der Waals surface area contributed by atoms with Gasteiger partial charge in [0.25, 0.3) is 0 Å². The van der Waals surface area contributed by atoms with Gasteiger partial charge in [-0.05, 0) is 98.7 Å². The Morgan fingerprint density at radius 2 is 1.45 bits per heavy atom. The Balaban J connectivity index is 0.993. The van der Waals surface area contributed by atoms with Crippen molar-refractivity contribution < 1.29 is 49.8 Å². The van der Waals surface area contributed by atoms with Gasteiger partial charge in [0.1, 0.15) is 6.79 Å². The van der Waals surface area contributed by atoms with E-state index in [4.69, 9.17) is 23.7 Å². The second-order valence-electron chi connectivity index (χ2n) is 17.4. The van der Waals surface area contributed by atoms with Crippen LogP contribution in [0.2, 0.25) is 0 Å². The van der Waals surface area contributed by atoms with Crippen LogP contribution in [0.4, 0.5) is 22.0 Å². The van der Waals surface area contributed by atoms with Gasteiger partial charge in [0.05, 0.1) is 32.0 Å². The number of fused-ring (bicyclic) bond motifs is 5. The Bertz CT molecular complexity index is 1180. The van der Waals surface area contributed by atoms with Crippen molar-refractivity contribution in [3.8, 4) is 0 Å². The number of methoxy groups -OCH3 is 1. The van der Waals surface area contributed by atoms with Gasteiger partial charge in [0, 0.05) is 48.7 Å². The highest BCUT2D eigenvalue weighted by Gasteiger charge is 2.65. The molecule has 5 fully saturated rings. The minimum Gasteiger partial charge on any atom is -0.374 e. The largest absolute Gasteiger partial charge is 0.453 e. The molecule has 0 aromatic heterocycles. The summed E-state index contributed by atoms with van der Waals surface area (Å²) in [5, 5.41) is 0. The summed E-state index contributed by atoms with van der Waals surface area (Å²) in [5.41, 5.74) is 0.309. The molecule has 0 N–H and O–H groups in total. The third-order valence-electron chi connectivity index (χ3n) is 14.0. The molecule has 308 valence electrons. The third-order valence-corrected chi connectivity index (χ3v) is 15.5. The van der Waals surface area contributed by atoms with Gasteiger partial charge >= 0.3 is 12.1 Å². The molecule has 53 heavy (non-hydrogen) atoms. The minimum atomic E-state index is -5.54. The maximum absolute atomic E-state index is 13.0. The van der Waals surface area contributed by atoms with Crippen LogP contribution >= 0.6 is 0 Å². The van der Waals surface area contributed by atoms with Crippen molar-refractivity contribution >= 4 is 10.8 Å². The van der Waals surface area contributed by atoms with E-state index in [9.17, 15) is 26.2 Å². The predicted molar refractivity (Wildman–Crippen MR) is 197 cm³/mol. The SMILES string of the molecule is COCO[C@H]1CC[C@H]2[C@@H]3CC[C@H]4CC5(CC[C@]4(C)[C@H]3[C@@H](OCC=CCCCCCCCCCCS(=O)CCCC(F)(F)C(F)(F)F)C[C@]12C)OCCO5. The van der Waals surface area contributed by atoms with Crippen molar-refractivity contribution in [2.45, 2.75) is 166 Å². The van der Waals surface area contributed by atoms with Crippen LogP contribution in [-0.2, 0) is 34.5 Å². The van der Waals surface area contributed by atoms with E-state index in [2.05, 4.69) is 26.0 Å². The molecule has 1 heterocycles. The molecule has 5 rings (SSSR count). The number of alkyl halides is 5. The highest BCUT2D eigenvalue weighted by atomic mass is 32.2. The molecule has 1 aliphatic heterocycles. The number of unbranched alkanes of at least 4 members (excludes halogenated alkanes) is 8. The van der Waals surface area contributed by atoms with Crippen molar-refractivity contribution in [3.63, 3.8) is 0 Å². The molecule has 6 nitrogen and oxygen atoms in total. The van der Waals surface area contributed by atoms with Gasteiger partial charge < -0.3 is 23.7 Å². The van der Waals surface area contributed by atoms with E-state index in [1.807, 2.05) is 0 Å². The molecule has 1 spiro atoms. The van der Waals surface area contributed by atoms with Crippen molar-refractivity contribution in [1.82, 2.24) is 0 Å². The van der Waals surface area contributed by atoms with E-state index >= 15 is 0 Å². The Morgan fingerprint density at radius 1 is 0.774 bits per heavy atom. The fourth-order valence-electron chi connectivity index (χ4n) is 11.2. The minimum absolute atomic E-state index is 0.0919. The van der Waals surface area contributed by atoms with Crippen LogP contribution in [0.1, 0.15) is 136 Å². The lowest BCUT2D eigenvalue weighted by Gasteiger charge is -2.63. The van der Waals surface area contributed by atoms with Crippen LogP contribution in [-0.4, -0.2) is 79.5 Å². The van der Waals surface area contributed by atoms with Crippen LogP contribution < -0.4 is 0 Å². The first-order valence-corrected chi connectivity index (χ1v) is 22.2. The summed E-state index contributed by atoms with van der Waals surface area (Å²) in [6.45, 7) is 7.43. The molecule has 0 aromatic carbocycles. The molecule has 1 saturated heterocycles. The second-order valence-corrected chi connectivity index (χ2v) is 19.0. The van der Waals surface area contributed by atoms with E-state index in [1.54, 1.807) is 7.11 Å². The first kappa shape index (κ1) is 43.5. The van der Waals surface area contributed by atoms with E-state index < -0.39 is 29.3 Å². The molecular weight excluding hydrogens is 716 g/mol. The van der Waals surface area contributed by atoms with Crippen molar-refractivity contribution in [3.05, 3.63) is 12.2 Å². The maximum Gasteiger partial charge on any atom is 0.453 e. The first-order valence-electron chi connectivity index (χ1n) is 20.7. The fraction of sp³-hybridized carbons (Fsp3) is 0.951. The van der Waals surface area contributed by atoms with Crippen LogP contribution in [0.3, 0.4) is 0 Å². The van der Waals surface area contributed by atoms with Gasteiger partial charge in [-0.3, -0.25) is 4.21 Å². The number of hydrogen-bond acceptors (Lipinski definition) is 6. The normalized spacial score (nSPS) is 34.7. The topological polar surface area (TPSA) is 63.2 Å². The van der Waals surface area contributed by atoms with Crippen LogP contribution in [0.25, 0.3) is 0 Å². The summed E-state index contributed by atoms with van der Waals surface area (Å²) in [6, 6.07) is 0. The quantitative estimate of drug-likeness (QED) is 0.0500. The number of rotatable bonds is 21. The number of allylic oxidation sites excluding steroid dienone is 1. The van der Waals surface area contributed by atoms with Crippen molar-refractivity contribution in [2.24, 2.45) is 34.5 Å². The molecule has 4 saturated carbocycles. The molecule has 4 aliphatic carbocycles. The summed E-state index contributed by atoms with van der Waals surface area (Å²) in [6.07, 6.45) is 16.0. The zero-order valence-corrected chi connectivity index (χ0v) is 33.4. The predicted octanol–water partition coefficient (Wildman–Crippen LogP) is 10.5. The van der Waals surface area contributed by atoms with Gasteiger partial charge in [-0.25, -0.2) is 0 Å². The highest BCUT2D eigenvalue weighted by Crippen LogP contribution is 2.68. The summed E-state index contributed by atoms with van der Waals surface area (Å²) in [7, 11) is 0.359. The van der Waals surface area contributed by atoms with Crippen LogP contribution in [0.15, 0.2) is 12.2 Å². The lowest BCUT2D eigenvalue weighted by molar-refractivity contribution is -0.284. The smallest absolute Gasteiger partial charge is 0.374 e. The zero-order valence-electron chi connectivity index (χ0n) is 32.5. The summed E-state index contributed by atoms with van der Waals surface area (Å²) < 4.78 is 106. The van der Waals surface area contributed by atoms with Crippen molar-refractivity contribution in [1.29, 1.82) is 0 Å². The lowest BCUT2D eigenvalue weighted by Crippen LogP contribution is -2.61. The zero-order chi connectivity index (χ0) is 38.2. The van der Waals surface area contributed by atoms with E-state index in [0.717, 1.165) is 77.0 Å². The van der Waals surface area contributed by atoms with Crippen molar-refractivity contribution in [2.75, 3.05) is 45.2 Å². The first-order chi connectivity index (χ1) is 25.2. The van der Waals surface area contributed by atoms with E-state index in [-0.39, 0.29) is 41.0 Å². The number of hydrogen-bond donors (Lipinski definition) is 0. The molecule has 0 bridgehead atoms. The Kier molecular flexibility index (Phi) is 15.7. The van der Waals surface area contributed by atoms with Crippen LogP contribution in [0.5, 0.6) is 0 Å². The second kappa shape index (κ2) is 19.2. The molecule has 0 amide bonds. The molecule has 9 atom stereocenters. The maximum atomic E-state index is 13.0. The van der Waals surface area contributed by atoms with Gasteiger partial charge in [-0.15, -0.1) is 0 Å². The van der Waals surface area contributed by atoms with Gasteiger partial charge in [0.15, 0.2) is 5.79 Å². The molecule has 0 aromatic rings. The fourth-order valence-corrected chi connectivity index (χ4v) is 12.4. The van der Waals surface area contributed by atoms with Gasteiger partial charge in [-0.2, -0.15) is 22.0 Å². The Morgan fingerprint density at radius 3 is 2.15 bits per heavy atom. The van der Waals surface area contributed by atoms with E-state index in [1.165, 1.54) is 25.7 Å². The molecule has 1 unspecified atom stereocenters. The van der Waals surface area contributed by atoms with Gasteiger partial charge in [0.2, 0.25) is 0 Å². The lowest BCUT2D eigenvalue weighted by atomic mass is 9.44. The monoisotopic (exact) mass is 782 g/mol. The summed E-state index contributed by atoms with van der Waals surface area (Å²) in [5.74, 6) is -2.39. The Hall–Kier alpha value is -0.660. The third kappa shape index (κ3) is 10.6. The highest BCUT2D eigenvalue weighted by molar-refractivity contribution is 7.84. The number of halogens is 5. The average Bonchev–Trinajstić information content (AvgIpc) is 3.70. The Labute approximate surface area is 317 Å². The molecule has 0 radical (unpaired) electrons. The summed E-state index contributed by atoms with van der Waals surface area (Å²) >= 11 is 0. The van der Waals surface area contributed by atoms with Crippen LogP contribution in [0, 0.1) is 34.5 Å². The summed E-state index contributed by atoms with van der Waals surface area (Å²) in [4.78, 5) is 0. The molecular formula is C41H67F5O6S.